The molecule has 6 heteroatoms. The van der Waals surface area contributed by atoms with Crippen molar-refractivity contribution < 1.29 is 18.3 Å². The van der Waals surface area contributed by atoms with E-state index in [9.17, 15) is 13.5 Å². The minimum absolute atomic E-state index is 0.0137. The van der Waals surface area contributed by atoms with E-state index in [4.69, 9.17) is 4.74 Å². The zero-order valence-corrected chi connectivity index (χ0v) is 27.1. The first-order chi connectivity index (χ1) is 19.6. The number of allylic oxidation sites excluding steroid dienone is 2. The Kier molecular flexibility index (Phi) is 12.3. The fourth-order valence-electron chi connectivity index (χ4n) is 6.09. The number of aliphatic hydroxyl groups excluding tert-OH is 1. The van der Waals surface area contributed by atoms with Crippen LogP contribution < -0.4 is 9.64 Å². The lowest BCUT2D eigenvalue weighted by Gasteiger charge is -2.40. The van der Waals surface area contributed by atoms with Crippen LogP contribution in [0.2, 0.25) is 0 Å². The SMILES string of the molecule is CCCCC1(CCCC)CS(=O)(=O)c2ccc(N(C)C)cc2[C@@H](c2ccc(OCCCC/C=C(\C)CC)cc2)[C@H]1O. The molecule has 1 N–H and O–H groups in total. The van der Waals surface area contributed by atoms with Gasteiger partial charge in [0.2, 0.25) is 0 Å². The van der Waals surface area contributed by atoms with Crippen LogP contribution in [0.4, 0.5) is 5.69 Å². The minimum Gasteiger partial charge on any atom is -0.494 e. The molecule has 0 aromatic heterocycles. The van der Waals surface area contributed by atoms with E-state index in [2.05, 4.69) is 33.8 Å². The van der Waals surface area contributed by atoms with Crippen molar-refractivity contribution in [2.75, 3.05) is 31.4 Å². The van der Waals surface area contributed by atoms with Crippen molar-refractivity contribution in [2.24, 2.45) is 5.41 Å². The zero-order chi connectivity index (χ0) is 30.0. The molecule has 0 aliphatic carbocycles. The lowest BCUT2D eigenvalue weighted by molar-refractivity contribution is 0.0127. The fraction of sp³-hybridized carbons (Fsp3) is 0.600. The summed E-state index contributed by atoms with van der Waals surface area (Å²) >= 11 is 0. The van der Waals surface area contributed by atoms with Crippen molar-refractivity contribution in [3.8, 4) is 5.75 Å². The maximum absolute atomic E-state index is 14.0. The quantitative estimate of drug-likeness (QED) is 0.169. The van der Waals surface area contributed by atoms with E-state index in [1.165, 1.54) is 5.57 Å². The highest BCUT2D eigenvalue weighted by molar-refractivity contribution is 7.91. The Hall–Kier alpha value is -2.31. The molecule has 3 rings (SSSR count). The number of ether oxygens (including phenoxy) is 1. The highest BCUT2D eigenvalue weighted by atomic mass is 32.2. The van der Waals surface area contributed by atoms with Crippen LogP contribution in [-0.4, -0.2) is 46.1 Å². The Morgan fingerprint density at radius 2 is 1.66 bits per heavy atom. The van der Waals surface area contributed by atoms with E-state index >= 15 is 0 Å². The number of anilines is 1. The molecule has 0 fully saturated rings. The molecule has 0 spiro atoms. The molecule has 0 bridgehead atoms. The Morgan fingerprint density at radius 3 is 2.24 bits per heavy atom. The topological polar surface area (TPSA) is 66.8 Å². The molecule has 0 saturated heterocycles. The van der Waals surface area contributed by atoms with E-state index in [-0.39, 0.29) is 5.75 Å². The summed E-state index contributed by atoms with van der Waals surface area (Å²) in [6, 6.07) is 13.6. The van der Waals surface area contributed by atoms with Crippen LogP contribution >= 0.6 is 0 Å². The van der Waals surface area contributed by atoms with Crippen molar-refractivity contribution in [1.82, 2.24) is 0 Å². The molecule has 0 unspecified atom stereocenters. The number of hydrogen-bond acceptors (Lipinski definition) is 5. The number of unbranched alkanes of at least 4 members (excludes halogenated alkanes) is 4. The molecule has 1 heterocycles. The van der Waals surface area contributed by atoms with Gasteiger partial charge in [0.25, 0.3) is 0 Å². The monoisotopic (exact) mass is 583 g/mol. The van der Waals surface area contributed by atoms with Gasteiger partial charge in [-0.15, -0.1) is 0 Å². The number of hydrogen-bond donors (Lipinski definition) is 1. The summed E-state index contributed by atoms with van der Waals surface area (Å²) in [5.41, 5.74) is 3.28. The van der Waals surface area contributed by atoms with Crippen molar-refractivity contribution in [3.63, 3.8) is 0 Å². The van der Waals surface area contributed by atoms with Crippen LogP contribution in [0.25, 0.3) is 0 Å². The molecular formula is C35H53NO4S. The van der Waals surface area contributed by atoms with Gasteiger partial charge >= 0.3 is 0 Å². The molecule has 0 saturated carbocycles. The van der Waals surface area contributed by atoms with Gasteiger partial charge in [0.15, 0.2) is 9.84 Å². The number of sulfone groups is 1. The highest BCUT2D eigenvalue weighted by Gasteiger charge is 2.49. The second-order valence-electron chi connectivity index (χ2n) is 12.2. The Balaban J connectivity index is 1.98. The normalized spacial score (nSPS) is 19.8. The molecule has 41 heavy (non-hydrogen) atoms. The van der Waals surface area contributed by atoms with Crippen LogP contribution in [-0.2, 0) is 9.84 Å². The molecular weight excluding hydrogens is 530 g/mol. The molecule has 2 aromatic rings. The third-order valence-electron chi connectivity index (χ3n) is 8.81. The van der Waals surface area contributed by atoms with Gasteiger partial charge in [-0.05, 0) is 86.9 Å². The van der Waals surface area contributed by atoms with Crippen molar-refractivity contribution in [2.45, 2.75) is 109 Å². The zero-order valence-electron chi connectivity index (χ0n) is 26.3. The molecule has 1 aliphatic heterocycles. The number of aliphatic hydroxyl groups is 1. The van der Waals surface area contributed by atoms with Crippen LogP contribution in [0.15, 0.2) is 59.0 Å². The summed E-state index contributed by atoms with van der Waals surface area (Å²) in [5, 5.41) is 12.3. The predicted octanol–water partition coefficient (Wildman–Crippen LogP) is 8.30. The first-order valence-corrected chi connectivity index (χ1v) is 17.3. The van der Waals surface area contributed by atoms with Crippen molar-refractivity contribution >= 4 is 15.5 Å². The lowest BCUT2D eigenvalue weighted by Crippen LogP contribution is -2.43. The average Bonchev–Trinajstić information content (AvgIpc) is 3.03. The Bertz CT molecular complexity index is 1230. The predicted molar refractivity (Wildman–Crippen MR) is 172 cm³/mol. The standard InChI is InChI=1S/C35H53NO4S/c1-7-10-22-35(23-11-8-2)26-41(38,39)32-21-18-29(36(5)6)25-31(32)33(34(35)37)28-16-19-30(20-17-28)40-24-14-12-13-15-27(4)9-3/h15-21,25,33-34,37H,7-14,22-24,26H2,1-6H3/b27-15+/t33-,34-/m1/s1. The van der Waals surface area contributed by atoms with Crippen LogP contribution in [0.3, 0.4) is 0 Å². The smallest absolute Gasteiger partial charge is 0.179 e. The summed E-state index contributed by atoms with van der Waals surface area (Å²) in [6.45, 7) is 9.28. The number of nitrogens with zero attached hydrogens (tertiary/aromatic N) is 1. The molecule has 228 valence electrons. The first-order valence-electron chi connectivity index (χ1n) is 15.7. The molecule has 1 aliphatic rings. The Morgan fingerprint density at radius 1 is 1.00 bits per heavy atom. The largest absolute Gasteiger partial charge is 0.494 e. The maximum atomic E-state index is 14.0. The summed E-state index contributed by atoms with van der Waals surface area (Å²) < 4.78 is 34.0. The average molecular weight is 584 g/mol. The van der Waals surface area contributed by atoms with E-state index in [1.54, 1.807) is 6.07 Å². The van der Waals surface area contributed by atoms with E-state index < -0.39 is 27.3 Å². The highest BCUT2D eigenvalue weighted by Crippen LogP contribution is 2.50. The maximum Gasteiger partial charge on any atom is 0.179 e. The van der Waals surface area contributed by atoms with Crippen molar-refractivity contribution in [3.05, 3.63) is 65.2 Å². The van der Waals surface area contributed by atoms with E-state index in [0.29, 0.717) is 29.9 Å². The first kappa shape index (κ1) is 33.2. The lowest BCUT2D eigenvalue weighted by atomic mass is 9.68. The molecule has 2 atom stereocenters. The van der Waals surface area contributed by atoms with E-state index in [1.807, 2.05) is 55.4 Å². The summed E-state index contributed by atoms with van der Waals surface area (Å²) in [7, 11) is 0.308. The number of benzene rings is 2. The van der Waals surface area contributed by atoms with Gasteiger partial charge in [0.05, 0.1) is 23.4 Å². The van der Waals surface area contributed by atoms with Gasteiger partial charge in [0.1, 0.15) is 5.75 Å². The summed E-state index contributed by atoms with van der Waals surface area (Å²) in [4.78, 5) is 2.34. The molecule has 2 aromatic carbocycles. The molecule has 0 amide bonds. The fourth-order valence-corrected chi connectivity index (χ4v) is 8.28. The molecule has 5 nitrogen and oxygen atoms in total. The van der Waals surface area contributed by atoms with Gasteiger partial charge in [-0.1, -0.05) is 70.2 Å². The summed E-state index contributed by atoms with van der Waals surface area (Å²) in [5.74, 6) is 0.342. The second kappa shape index (κ2) is 15.2. The van der Waals surface area contributed by atoms with Crippen LogP contribution in [0.1, 0.15) is 109 Å². The van der Waals surface area contributed by atoms with Gasteiger partial charge in [-0.3, -0.25) is 0 Å². The third kappa shape index (κ3) is 8.38. The summed E-state index contributed by atoms with van der Waals surface area (Å²) in [6.07, 6.45) is 10.9. The van der Waals surface area contributed by atoms with Crippen LogP contribution in [0.5, 0.6) is 5.75 Å². The molecule has 0 radical (unpaired) electrons. The van der Waals surface area contributed by atoms with Gasteiger partial charge < -0.3 is 14.7 Å². The van der Waals surface area contributed by atoms with Crippen LogP contribution in [0, 0.1) is 5.41 Å². The van der Waals surface area contributed by atoms with Gasteiger partial charge in [-0.2, -0.15) is 0 Å². The van der Waals surface area contributed by atoms with E-state index in [0.717, 1.165) is 68.4 Å². The number of rotatable bonds is 15. The minimum atomic E-state index is -3.61. The van der Waals surface area contributed by atoms with Crippen molar-refractivity contribution in [1.29, 1.82) is 0 Å². The third-order valence-corrected chi connectivity index (χ3v) is 10.8. The second-order valence-corrected chi connectivity index (χ2v) is 14.1. The number of fused-ring (bicyclic) bond motifs is 1. The van der Waals surface area contributed by atoms with Gasteiger partial charge in [-0.25, -0.2) is 8.42 Å². The Labute approximate surface area is 249 Å². The van der Waals surface area contributed by atoms with Gasteiger partial charge in [0, 0.05) is 31.1 Å².